The van der Waals surface area contributed by atoms with E-state index in [1.54, 1.807) is 26.1 Å². The van der Waals surface area contributed by atoms with Crippen LogP contribution in [0.4, 0.5) is 0 Å². The molecule has 1 amide bonds. The summed E-state index contributed by atoms with van der Waals surface area (Å²) in [6, 6.07) is 4.31. The van der Waals surface area contributed by atoms with Crippen LogP contribution in [0.3, 0.4) is 0 Å². The number of aromatic hydroxyl groups is 2. The van der Waals surface area contributed by atoms with Crippen LogP contribution < -0.4 is 5.32 Å². The number of amides is 1. The second-order valence-corrected chi connectivity index (χ2v) is 3.37. The fourth-order valence-corrected chi connectivity index (χ4v) is 1.41. The molecule has 0 aliphatic heterocycles. The smallest absolute Gasteiger partial charge is 0.224 e. The van der Waals surface area contributed by atoms with Crippen molar-refractivity contribution < 1.29 is 15.0 Å². The topological polar surface area (TPSA) is 69.6 Å². The minimum absolute atomic E-state index is 0.00311. The summed E-state index contributed by atoms with van der Waals surface area (Å²) in [5, 5.41) is 21.3. The molecule has 0 spiro atoms. The number of nitrogens with one attached hydrogen (secondary N) is 1. The number of allylic oxidation sites excluding steroid dienone is 1. The molecule has 0 radical (unpaired) electrons. The van der Waals surface area contributed by atoms with Gasteiger partial charge in [0.2, 0.25) is 5.91 Å². The highest BCUT2D eigenvalue weighted by atomic mass is 16.3. The van der Waals surface area contributed by atoms with Crippen molar-refractivity contribution in [3.8, 4) is 11.5 Å². The molecule has 0 aromatic heterocycles. The van der Waals surface area contributed by atoms with E-state index in [1.165, 1.54) is 12.1 Å². The van der Waals surface area contributed by atoms with E-state index >= 15 is 0 Å². The van der Waals surface area contributed by atoms with Gasteiger partial charge in [0.25, 0.3) is 0 Å². The minimum Gasteiger partial charge on any atom is -0.508 e. The average molecular weight is 221 g/mol. The van der Waals surface area contributed by atoms with E-state index in [4.69, 9.17) is 5.11 Å². The Morgan fingerprint density at radius 2 is 2.12 bits per heavy atom. The predicted octanol–water partition coefficient (Wildman–Crippen LogP) is 1.64. The number of benzene rings is 1. The predicted molar refractivity (Wildman–Crippen MR) is 62.1 cm³/mol. The van der Waals surface area contributed by atoms with Crippen molar-refractivity contribution in [3.63, 3.8) is 0 Å². The Hall–Kier alpha value is -1.97. The van der Waals surface area contributed by atoms with E-state index < -0.39 is 0 Å². The minimum atomic E-state index is -0.124. The number of hydrogen-bond donors (Lipinski definition) is 3. The lowest BCUT2D eigenvalue weighted by Crippen LogP contribution is -2.17. The highest BCUT2D eigenvalue weighted by Crippen LogP contribution is 2.30. The zero-order chi connectivity index (χ0) is 12.1. The van der Waals surface area contributed by atoms with Crippen LogP contribution >= 0.6 is 0 Å². The molecule has 0 aliphatic carbocycles. The van der Waals surface area contributed by atoms with Gasteiger partial charge in [-0.2, -0.15) is 0 Å². The van der Waals surface area contributed by atoms with Crippen molar-refractivity contribution in [1.82, 2.24) is 5.32 Å². The Morgan fingerprint density at radius 3 is 2.62 bits per heavy atom. The second kappa shape index (κ2) is 5.21. The van der Waals surface area contributed by atoms with Gasteiger partial charge in [-0.3, -0.25) is 4.79 Å². The molecule has 0 heterocycles. The van der Waals surface area contributed by atoms with Gasteiger partial charge in [0.05, 0.1) is 6.42 Å². The monoisotopic (exact) mass is 221 g/mol. The fraction of sp³-hybridized carbons (Fsp3) is 0.250. The summed E-state index contributed by atoms with van der Waals surface area (Å²) in [5.41, 5.74) is 1.28. The van der Waals surface area contributed by atoms with E-state index in [0.29, 0.717) is 5.56 Å². The summed E-state index contributed by atoms with van der Waals surface area (Å²) in [4.78, 5) is 11.2. The lowest BCUT2D eigenvalue weighted by atomic mass is 10.0. The molecule has 4 nitrogen and oxygen atoms in total. The first-order valence-electron chi connectivity index (χ1n) is 4.96. The van der Waals surface area contributed by atoms with Crippen LogP contribution in [0.1, 0.15) is 18.9 Å². The molecule has 1 aromatic rings. The molecule has 0 bridgehead atoms. The van der Waals surface area contributed by atoms with Gasteiger partial charge < -0.3 is 15.5 Å². The number of phenols is 2. The van der Waals surface area contributed by atoms with Crippen molar-refractivity contribution in [2.45, 2.75) is 13.3 Å². The first-order valence-corrected chi connectivity index (χ1v) is 4.96. The summed E-state index contributed by atoms with van der Waals surface area (Å²) in [7, 11) is 1.56. The maximum atomic E-state index is 11.2. The quantitative estimate of drug-likeness (QED) is 0.726. The summed E-state index contributed by atoms with van der Waals surface area (Å²) < 4.78 is 0. The molecule has 1 rings (SSSR count). The molecule has 86 valence electrons. The molecule has 0 atom stereocenters. The Bertz CT molecular complexity index is 424. The number of phenolic OH excluding ortho intramolecular Hbond substituents is 2. The van der Waals surface area contributed by atoms with Gasteiger partial charge in [-0.15, -0.1) is 0 Å². The third kappa shape index (κ3) is 2.76. The van der Waals surface area contributed by atoms with Crippen LogP contribution in [-0.4, -0.2) is 23.2 Å². The third-order valence-electron chi connectivity index (χ3n) is 2.31. The van der Waals surface area contributed by atoms with Gasteiger partial charge >= 0.3 is 0 Å². The van der Waals surface area contributed by atoms with Crippen LogP contribution in [0.5, 0.6) is 11.5 Å². The van der Waals surface area contributed by atoms with E-state index in [2.05, 4.69) is 5.32 Å². The molecule has 0 fully saturated rings. The number of rotatable bonds is 3. The molecule has 0 unspecified atom stereocenters. The van der Waals surface area contributed by atoms with Gasteiger partial charge in [0.15, 0.2) is 0 Å². The standard InChI is InChI=1S/C12H15NO3/c1-3-8(6-12(16)13-2)10-5-4-9(14)7-11(10)15/h3-5,7,14-15H,6H2,1-2H3,(H,13,16)/b8-3+. The van der Waals surface area contributed by atoms with Crippen LogP contribution in [0.2, 0.25) is 0 Å². The van der Waals surface area contributed by atoms with Crippen LogP contribution in [-0.2, 0) is 4.79 Å². The zero-order valence-corrected chi connectivity index (χ0v) is 9.32. The first-order chi connectivity index (χ1) is 7.58. The van der Waals surface area contributed by atoms with E-state index in [1.807, 2.05) is 0 Å². The largest absolute Gasteiger partial charge is 0.508 e. The number of hydrogen-bond acceptors (Lipinski definition) is 3. The Balaban J connectivity index is 3.01. The van der Waals surface area contributed by atoms with Gasteiger partial charge in [0, 0.05) is 18.7 Å². The van der Waals surface area contributed by atoms with E-state index in [9.17, 15) is 9.90 Å². The highest BCUT2D eigenvalue weighted by Gasteiger charge is 2.10. The van der Waals surface area contributed by atoms with Gasteiger partial charge in [0.1, 0.15) is 11.5 Å². The lowest BCUT2D eigenvalue weighted by Gasteiger charge is -2.09. The molecular weight excluding hydrogens is 206 g/mol. The Morgan fingerprint density at radius 1 is 1.44 bits per heavy atom. The SMILES string of the molecule is C/C=C(\CC(=O)NC)c1ccc(O)cc1O. The van der Waals surface area contributed by atoms with Crippen molar-refractivity contribution in [2.75, 3.05) is 7.05 Å². The number of carbonyl (C=O) groups excluding carboxylic acids is 1. The van der Waals surface area contributed by atoms with Gasteiger partial charge in [-0.1, -0.05) is 6.08 Å². The molecule has 1 aromatic carbocycles. The summed E-state index contributed by atoms with van der Waals surface area (Å²) in [6.07, 6.45) is 1.96. The van der Waals surface area contributed by atoms with Gasteiger partial charge in [-0.25, -0.2) is 0 Å². The normalized spacial score (nSPS) is 11.2. The Kier molecular flexibility index (Phi) is 3.94. The fourth-order valence-electron chi connectivity index (χ4n) is 1.41. The van der Waals surface area contributed by atoms with Crippen LogP contribution in [0.15, 0.2) is 24.3 Å². The molecule has 0 aliphatic rings. The molecule has 4 heteroatoms. The van der Waals surface area contributed by atoms with Crippen molar-refractivity contribution in [2.24, 2.45) is 0 Å². The van der Waals surface area contributed by atoms with Crippen molar-refractivity contribution in [3.05, 3.63) is 29.8 Å². The molecule has 3 N–H and O–H groups in total. The first kappa shape index (κ1) is 12.1. The van der Waals surface area contributed by atoms with Crippen molar-refractivity contribution in [1.29, 1.82) is 0 Å². The van der Waals surface area contributed by atoms with Gasteiger partial charge in [-0.05, 0) is 24.6 Å². The highest BCUT2D eigenvalue weighted by molar-refractivity contribution is 5.89. The summed E-state index contributed by atoms with van der Waals surface area (Å²) in [6.45, 7) is 1.80. The number of carbonyl (C=O) groups is 1. The zero-order valence-electron chi connectivity index (χ0n) is 9.32. The molecule has 16 heavy (non-hydrogen) atoms. The van der Waals surface area contributed by atoms with E-state index in [0.717, 1.165) is 5.57 Å². The average Bonchev–Trinajstić information content (AvgIpc) is 2.26. The molecular formula is C12H15NO3. The second-order valence-electron chi connectivity index (χ2n) is 3.37. The van der Waals surface area contributed by atoms with E-state index in [-0.39, 0.29) is 23.8 Å². The maximum Gasteiger partial charge on any atom is 0.224 e. The lowest BCUT2D eigenvalue weighted by molar-refractivity contribution is -0.119. The Labute approximate surface area is 94.2 Å². The summed E-state index contributed by atoms with van der Waals surface area (Å²) >= 11 is 0. The van der Waals surface area contributed by atoms with Crippen LogP contribution in [0, 0.1) is 0 Å². The third-order valence-corrected chi connectivity index (χ3v) is 2.31. The maximum absolute atomic E-state index is 11.2. The molecule has 0 saturated carbocycles. The molecule has 0 saturated heterocycles. The van der Waals surface area contributed by atoms with Crippen molar-refractivity contribution >= 4 is 11.5 Å². The summed E-state index contributed by atoms with van der Waals surface area (Å²) in [5.74, 6) is -0.158. The van der Waals surface area contributed by atoms with Crippen LogP contribution in [0.25, 0.3) is 5.57 Å².